The van der Waals surface area contributed by atoms with Gasteiger partial charge in [-0.25, -0.2) is 28.1 Å². The van der Waals surface area contributed by atoms with Gasteiger partial charge in [0.25, 0.3) is 5.56 Å². The van der Waals surface area contributed by atoms with E-state index in [1.807, 2.05) is 24.1 Å². The van der Waals surface area contributed by atoms with Crippen molar-refractivity contribution >= 4 is 16.7 Å². The first-order valence-electron chi connectivity index (χ1n) is 17.0. The Morgan fingerprint density at radius 3 is 2.59 bits per heavy atom. The summed E-state index contributed by atoms with van der Waals surface area (Å²) in [6, 6.07) is 16.2. The van der Waals surface area contributed by atoms with E-state index in [0.29, 0.717) is 56.7 Å². The molecule has 0 saturated heterocycles. The number of aromatic hydroxyl groups is 1. The molecule has 11 nitrogen and oxygen atoms in total. The second-order valence-electron chi connectivity index (χ2n) is 13.5. The molecule has 4 aromatic heterocycles. The first kappa shape index (κ1) is 34.2. The highest BCUT2D eigenvalue weighted by Crippen LogP contribution is 2.31. The van der Waals surface area contributed by atoms with Crippen molar-refractivity contribution < 1.29 is 19.0 Å². The number of aromatic nitrogens is 5. The Morgan fingerprint density at radius 1 is 1.00 bits per heavy atom. The molecule has 7 rings (SSSR count). The van der Waals surface area contributed by atoms with Crippen molar-refractivity contribution in [3.8, 4) is 22.6 Å². The molecule has 2 aromatic carbocycles. The molecule has 3 N–H and O–H groups in total. The summed E-state index contributed by atoms with van der Waals surface area (Å²) >= 11 is 0. The minimum absolute atomic E-state index is 0.00797. The second-order valence-corrected chi connectivity index (χ2v) is 13.5. The minimum atomic E-state index is -0.678. The number of imidazole rings is 1. The summed E-state index contributed by atoms with van der Waals surface area (Å²) in [6.07, 6.45) is 6.12. The summed E-state index contributed by atoms with van der Waals surface area (Å²) in [6.45, 7) is 3.08. The number of aliphatic hydroxyl groups excluding tert-OH is 1. The molecule has 13 heteroatoms. The van der Waals surface area contributed by atoms with Crippen LogP contribution < -0.4 is 16.6 Å². The van der Waals surface area contributed by atoms with Crippen LogP contribution in [0.2, 0.25) is 0 Å². The number of likely N-dealkylation sites (N-methyl/N-ethyl adjacent to an activating group) is 1. The molecule has 1 atom stereocenters. The predicted molar refractivity (Wildman–Crippen MR) is 190 cm³/mol. The number of hydrogen-bond donors (Lipinski definition) is 3. The Kier molecular flexibility index (Phi) is 9.51. The second kappa shape index (κ2) is 14.2. The van der Waals surface area contributed by atoms with E-state index in [1.54, 1.807) is 53.9 Å². The Balaban J connectivity index is 1.19. The molecule has 6 aromatic rings. The Hall–Kier alpha value is -5.24. The highest BCUT2D eigenvalue weighted by atomic mass is 19.1. The van der Waals surface area contributed by atoms with E-state index in [4.69, 9.17) is 0 Å². The monoisotopic (exact) mass is 695 g/mol. The number of benzene rings is 2. The fraction of sp³-hybridized carbons (Fsp3) is 0.316. The quantitative estimate of drug-likeness (QED) is 0.184. The summed E-state index contributed by atoms with van der Waals surface area (Å²) in [5, 5.41) is 23.7. The number of rotatable bonds is 10. The maximum Gasteiger partial charge on any atom is 0.337 e. The first-order valence-corrected chi connectivity index (χ1v) is 17.0. The van der Waals surface area contributed by atoms with E-state index < -0.39 is 29.2 Å². The number of fused-ring (bicyclic) bond motifs is 2. The Morgan fingerprint density at radius 2 is 1.80 bits per heavy atom. The highest BCUT2D eigenvalue weighted by molar-refractivity contribution is 5.77. The van der Waals surface area contributed by atoms with Crippen LogP contribution >= 0.6 is 0 Å². The summed E-state index contributed by atoms with van der Waals surface area (Å²) in [5.74, 6) is -0.915. The van der Waals surface area contributed by atoms with Crippen molar-refractivity contribution in [2.75, 3.05) is 13.6 Å². The van der Waals surface area contributed by atoms with Gasteiger partial charge in [-0.2, -0.15) is 0 Å². The van der Waals surface area contributed by atoms with Crippen molar-refractivity contribution in [3.05, 3.63) is 123 Å². The van der Waals surface area contributed by atoms with Gasteiger partial charge in [0.15, 0.2) is 5.65 Å². The Bertz CT molecular complexity index is 2340. The average molecular weight is 696 g/mol. The number of aliphatic hydroxyl groups is 1. The molecule has 0 radical (unpaired) electrons. The normalized spacial score (nSPS) is 17.1. The average Bonchev–Trinajstić information content (AvgIpc) is 3.50. The summed E-state index contributed by atoms with van der Waals surface area (Å²) in [5.41, 5.74) is 3.21. The number of phenolic OH excluding ortho intramolecular Hbond substituents is 1. The van der Waals surface area contributed by atoms with Crippen LogP contribution in [0.15, 0.2) is 88.8 Å². The molecule has 1 fully saturated rings. The molecule has 0 spiro atoms. The third-order valence-electron chi connectivity index (χ3n) is 9.51. The van der Waals surface area contributed by atoms with Crippen LogP contribution in [0.25, 0.3) is 33.5 Å². The van der Waals surface area contributed by atoms with Gasteiger partial charge in [-0.15, -0.1) is 0 Å². The molecule has 51 heavy (non-hydrogen) atoms. The van der Waals surface area contributed by atoms with Crippen LogP contribution in [-0.2, 0) is 13.1 Å². The van der Waals surface area contributed by atoms with Crippen LogP contribution in [0.4, 0.5) is 8.78 Å². The van der Waals surface area contributed by atoms with E-state index in [0.717, 1.165) is 34.6 Å². The van der Waals surface area contributed by atoms with E-state index in [-0.39, 0.29) is 28.6 Å². The van der Waals surface area contributed by atoms with Gasteiger partial charge < -0.3 is 19.9 Å². The highest BCUT2D eigenvalue weighted by Gasteiger charge is 2.27. The number of nitrogens with one attached hydrogen (secondary N) is 1. The molecule has 0 amide bonds. The van der Waals surface area contributed by atoms with E-state index in [2.05, 4.69) is 15.3 Å². The minimum Gasteiger partial charge on any atom is -0.508 e. The zero-order valence-electron chi connectivity index (χ0n) is 28.3. The lowest BCUT2D eigenvalue weighted by molar-refractivity contribution is 0.138. The third kappa shape index (κ3) is 7.18. The van der Waals surface area contributed by atoms with Gasteiger partial charge in [-0.3, -0.25) is 14.3 Å². The largest absolute Gasteiger partial charge is 0.508 e. The van der Waals surface area contributed by atoms with Gasteiger partial charge in [-0.05, 0) is 98.8 Å². The van der Waals surface area contributed by atoms with Crippen molar-refractivity contribution in [2.45, 2.75) is 63.9 Å². The molecule has 0 bridgehead atoms. The molecule has 1 aliphatic carbocycles. The molecule has 0 unspecified atom stereocenters. The van der Waals surface area contributed by atoms with Crippen LogP contribution in [0.3, 0.4) is 0 Å². The van der Waals surface area contributed by atoms with Crippen LogP contribution in [0.1, 0.15) is 49.9 Å². The van der Waals surface area contributed by atoms with Crippen molar-refractivity contribution in [1.82, 2.24) is 33.7 Å². The van der Waals surface area contributed by atoms with Crippen LogP contribution in [-0.4, -0.2) is 64.4 Å². The maximum absolute atomic E-state index is 14.6. The van der Waals surface area contributed by atoms with Gasteiger partial charge in [-0.1, -0.05) is 18.2 Å². The number of phenols is 1. The summed E-state index contributed by atoms with van der Waals surface area (Å²) in [4.78, 5) is 39.0. The smallest absolute Gasteiger partial charge is 0.337 e. The van der Waals surface area contributed by atoms with E-state index >= 15 is 0 Å². The topological polar surface area (TPSA) is 130 Å². The first-order chi connectivity index (χ1) is 24.5. The van der Waals surface area contributed by atoms with Gasteiger partial charge in [0.2, 0.25) is 0 Å². The zero-order chi connectivity index (χ0) is 35.8. The number of pyridine rings is 2. The lowest BCUT2D eigenvalue weighted by Gasteiger charge is -2.30. The van der Waals surface area contributed by atoms with Crippen molar-refractivity contribution in [2.24, 2.45) is 0 Å². The van der Waals surface area contributed by atoms with Crippen molar-refractivity contribution in [3.63, 3.8) is 0 Å². The fourth-order valence-corrected chi connectivity index (χ4v) is 7.24. The van der Waals surface area contributed by atoms with Crippen LogP contribution in [0, 0.1) is 11.6 Å². The van der Waals surface area contributed by atoms with E-state index in [1.165, 1.54) is 21.4 Å². The predicted octanol–water partition coefficient (Wildman–Crippen LogP) is 4.93. The van der Waals surface area contributed by atoms with Crippen LogP contribution in [0.5, 0.6) is 5.75 Å². The zero-order valence-corrected chi connectivity index (χ0v) is 28.3. The van der Waals surface area contributed by atoms with Gasteiger partial charge in [0, 0.05) is 44.1 Å². The standard InChI is InChI=1S/C38H39F2N7O4/c1-23(48)19-44(2)20-25-15-32(49)11-12-33(25)24-4-3-5-31(14-24)46-36-34(16-27(40)17-42-36)37(50)47(38(46)51)30-9-7-28(8-10-30)41-18-29-22-45-21-26(39)6-13-35(45)43-29/h3-6,11-17,21-23,28,30,41,48-49H,7-10,18-20H2,1-2H3/t23-,28-,30+/m0/s1. The van der Waals surface area contributed by atoms with Gasteiger partial charge in [0.05, 0.1) is 29.1 Å². The lowest BCUT2D eigenvalue weighted by atomic mass is 9.91. The van der Waals surface area contributed by atoms with E-state index in [9.17, 15) is 28.6 Å². The summed E-state index contributed by atoms with van der Waals surface area (Å²) in [7, 11) is 1.88. The molecule has 264 valence electrons. The third-order valence-corrected chi connectivity index (χ3v) is 9.51. The van der Waals surface area contributed by atoms with Gasteiger partial charge >= 0.3 is 5.69 Å². The number of halogens is 2. The Labute approximate surface area is 292 Å². The molecule has 1 aliphatic rings. The molecule has 1 saturated carbocycles. The summed E-state index contributed by atoms with van der Waals surface area (Å²) < 4.78 is 32.5. The number of nitrogens with zero attached hydrogens (tertiary/aromatic N) is 6. The molecule has 4 heterocycles. The fourth-order valence-electron chi connectivity index (χ4n) is 7.24. The molecular formula is C38H39F2N7O4. The maximum atomic E-state index is 14.6. The SMILES string of the molecule is C[C@H](O)CN(C)Cc1cc(O)ccc1-c1cccc(-n2c(=O)n([C@H]3CC[C@@H](NCc4cn5cc(F)ccc5n4)CC3)c(=O)c3cc(F)cnc32)c1. The molecule has 0 aliphatic heterocycles. The molecular weight excluding hydrogens is 656 g/mol. The van der Waals surface area contributed by atoms with Gasteiger partial charge in [0.1, 0.15) is 23.0 Å². The lowest BCUT2D eigenvalue weighted by Crippen LogP contribution is -2.44. The number of hydrogen-bond acceptors (Lipinski definition) is 8. The van der Waals surface area contributed by atoms with Crippen molar-refractivity contribution in [1.29, 1.82) is 0 Å².